The fourth-order valence-electron chi connectivity index (χ4n) is 3.84. The van der Waals surface area contributed by atoms with Crippen LogP contribution in [0.5, 0.6) is 11.5 Å². The normalized spacial score (nSPS) is 18.2. The first-order chi connectivity index (χ1) is 12.2. The molecule has 2 aliphatic rings. The maximum Gasteiger partial charge on any atom is 0.256 e. The number of hydrogen-bond donors (Lipinski definition) is 0. The zero-order valence-corrected chi connectivity index (χ0v) is 14.6. The highest BCUT2D eigenvalue weighted by atomic mass is 16.5. The first kappa shape index (κ1) is 15.9. The van der Waals surface area contributed by atoms with E-state index in [9.17, 15) is 4.79 Å². The number of ether oxygens (including phenoxy) is 2. The Kier molecular flexibility index (Phi) is 4.07. The first-order valence-electron chi connectivity index (χ1n) is 8.90. The molecule has 0 spiro atoms. The van der Waals surface area contributed by atoms with Gasteiger partial charge in [-0.15, -0.1) is 0 Å². The molecule has 0 radical (unpaired) electrons. The van der Waals surface area contributed by atoms with Crippen molar-refractivity contribution in [3.63, 3.8) is 0 Å². The van der Waals surface area contributed by atoms with Crippen LogP contribution in [0, 0.1) is 0 Å². The van der Waals surface area contributed by atoms with Crippen LogP contribution in [0.15, 0.2) is 30.5 Å². The lowest BCUT2D eigenvalue weighted by Crippen LogP contribution is -2.44. The molecule has 0 fully saturated rings. The average Bonchev–Trinajstić information content (AvgIpc) is 2.63. The number of pyridine rings is 1. The third-order valence-electron chi connectivity index (χ3n) is 4.93. The molecule has 0 saturated heterocycles. The number of aromatic nitrogens is 1. The Hall–Kier alpha value is -2.56. The number of carbonyl (C=O) groups excluding carboxylic acids is 1. The van der Waals surface area contributed by atoms with Gasteiger partial charge in [-0.25, -0.2) is 0 Å². The maximum atomic E-state index is 12.9. The molecule has 4 rings (SSSR count). The van der Waals surface area contributed by atoms with E-state index in [0.717, 1.165) is 47.7 Å². The lowest BCUT2D eigenvalue weighted by Gasteiger charge is -2.41. The van der Waals surface area contributed by atoms with E-state index in [1.54, 1.807) is 6.20 Å². The van der Waals surface area contributed by atoms with Crippen LogP contribution in [0.2, 0.25) is 0 Å². The molecule has 1 unspecified atom stereocenters. The van der Waals surface area contributed by atoms with Crippen LogP contribution in [0.4, 0.5) is 0 Å². The number of amides is 1. The summed E-state index contributed by atoms with van der Waals surface area (Å²) in [5, 5.41) is 0. The van der Waals surface area contributed by atoms with Crippen LogP contribution in [0.3, 0.4) is 0 Å². The summed E-state index contributed by atoms with van der Waals surface area (Å²) in [6.45, 7) is 5.84. The molecule has 2 aromatic rings. The molecule has 5 nitrogen and oxygen atoms in total. The molecule has 0 saturated carbocycles. The van der Waals surface area contributed by atoms with Crippen molar-refractivity contribution in [1.82, 2.24) is 9.88 Å². The molecule has 1 aromatic heterocycles. The number of rotatable bonds is 4. The molecule has 1 aromatic carbocycles. The van der Waals surface area contributed by atoms with Gasteiger partial charge in [-0.2, -0.15) is 0 Å². The highest BCUT2D eigenvalue weighted by Crippen LogP contribution is 2.42. The topological polar surface area (TPSA) is 51.7 Å². The van der Waals surface area contributed by atoms with Gasteiger partial charge in [0, 0.05) is 19.2 Å². The second-order valence-corrected chi connectivity index (χ2v) is 6.33. The van der Waals surface area contributed by atoms with Gasteiger partial charge < -0.3 is 14.4 Å². The molecule has 0 bridgehead atoms. The standard InChI is InChI=1S/C20H22N2O3/c1-3-24-18-10-13-7-9-22-17(15(13)11-19(18)25-4-2)12-16-14(20(22)23)6-5-8-21-16/h5-6,8,10-11,17H,3-4,7,9,12H2,1-2H3. The van der Waals surface area contributed by atoms with Crippen molar-refractivity contribution in [2.45, 2.75) is 32.7 Å². The predicted molar refractivity (Wildman–Crippen MR) is 94.2 cm³/mol. The van der Waals surface area contributed by atoms with Gasteiger partial charge in [0.1, 0.15) is 0 Å². The van der Waals surface area contributed by atoms with Gasteiger partial charge in [-0.1, -0.05) is 0 Å². The van der Waals surface area contributed by atoms with Crippen LogP contribution in [-0.2, 0) is 12.8 Å². The minimum Gasteiger partial charge on any atom is -0.490 e. The van der Waals surface area contributed by atoms with E-state index >= 15 is 0 Å². The first-order valence-corrected chi connectivity index (χ1v) is 8.90. The lowest BCUT2D eigenvalue weighted by molar-refractivity contribution is 0.0628. The van der Waals surface area contributed by atoms with Crippen LogP contribution in [0.25, 0.3) is 0 Å². The number of benzene rings is 1. The van der Waals surface area contributed by atoms with E-state index < -0.39 is 0 Å². The zero-order chi connectivity index (χ0) is 17.4. The highest BCUT2D eigenvalue weighted by molar-refractivity contribution is 5.96. The van der Waals surface area contributed by atoms with Gasteiger partial charge >= 0.3 is 0 Å². The summed E-state index contributed by atoms with van der Waals surface area (Å²) < 4.78 is 11.5. The predicted octanol–water partition coefficient (Wildman–Crippen LogP) is 3.17. The lowest BCUT2D eigenvalue weighted by atomic mass is 9.85. The third kappa shape index (κ3) is 2.64. The average molecular weight is 338 g/mol. The number of carbonyl (C=O) groups is 1. The quantitative estimate of drug-likeness (QED) is 0.859. The molecule has 5 heteroatoms. The van der Waals surface area contributed by atoms with Gasteiger partial charge in [0.25, 0.3) is 5.91 Å². The Morgan fingerprint density at radius 3 is 2.72 bits per heavy atom. The summed E-state index contributed by atoms with van der Waals surface area (Å²) in [6.07, 6.45) is 3.34. The van der Waals surface area contributed by atoms with E-state index in [1.807, 2.05) is 30.9 Å². The van der Waals surface area contributed by atoms with Crippen molar-refractivity contribution in [3.8, 4) is 11.5 Å². The van der Waals surface area contributed by atoms with Crippen LogP contribution in [-0.4, -0.2) is 35.5 Å². The molecule has 0 N–H and O–H groups in total. The molecule has 1 atom stereocenters. The largest absolute Gasteiger partial charge is 0.490 e. The Morgan fingerprint density at radius 1 is 1.20 bits per heavy atom. The Morgan fingerprint density at radius 2 is 1.96 bits per heavy atom. The zero-order valence-electron chi connectivity index (χ0n) is 14.6. The summed E-state index contributed by atoms with van der Waals surface area (Å²) in [5.41, 5.74) is 4.01. The SMILES string of the molecule is CCOc1cc2c(cc1OCC)C1Cc3ncccc3C(=O)N1CC2. The van der Waals surface area contributed by atoms with Gasteiger partial charge in [-0.05, 0) is 55.7 Å². The van der Waals surface area contributed by atoms with Crippen molar-refractivity contribution in [2.24, 2.45) is 0 Å². The van der Waals surface area contributed by atoms with Gasteiger partial charge in [-0.3, -0.25) is 9.78 Å². The molecule has 25 heavy (non-hydrogen) atoms. The van der Waals surface area contributed by atoms with Crippen LogP contribution < -0.4 is 9.47 Å². The Bertz CT molecular complexity index is 819. The van der Waals surface area contributed by atoms with Crippen molar-refractivity contribution in [3.05, 3.63) is 52.8 Å². The summed E-state index contributed by atoms with van der Waals surface area (Å²) in [5.74, 6) is 1.62. The third-order valence-corrected chi connectivity index (χ3v) is 4.93. The van der Waals surface area contributed by atoms with Crippen molar-refractivity contribution in [2.75, 3.05) is 19.8 Å². The number of fused-ring (bicyclic) bond motifs is 4. The molecular weight excluding hydrogens is 316 g/mol. The second-order valence-electron chi connectivity index (χ2n) is 6.33. The van der Waals surface area contributed by atoms with Gasteiger partial charge in [0.05, 0.1) is 30.5 Å². The Labute approximate surface area is 147 Å². The van der Waals surface area contributed by atoms with Crippen molar-refractivity contribution in [1.29, 1.82) is 0 Å². The molecule has 0 aliphatic carbocycles. The Balaban J connectivity index is 1.78. The molecular formula is C20H22N2O3. The minimum absolute atomic E-state index is 0.0218. The summed E-state index contributed by atoms with van der Waals surface area (Å²) in [7, 11) is 0. The monoisotopic (exact) mass is 338 g/mol. The van der Waals surface area contributed by atoms with E-state index in [2.05, 4.69) is 17.1 Å². The van der Waals surface area contributed by atoms with Crippen molar-refractivity contribution >= 4 is 5.91 Å². The molecule has 2 aliphatic heterocycles. The minimum atomic E-state index is 0.0218. The number of nitrogens with zero attached hydrogens (tertiary/aromatic N) is 2. The van der Waals surface area contributed by atoms with Crippen LogP contribution in [0.1, 0.15) is 47.1 Å². The van der Waals surface area contributed by atoms with Gasteiger partial charge in [0.15, 0.2) is 11.5 Å². The fourth-order valence-corrected chi connectivity index (χ4v) is 3.84. The smallest absolute Gasteiger partial charge is 0.256 e. The summed E-state index contributed by atoms with van der Waals surface area (Å²) in [4.78, 5) is 19.3. The maximum absolute atomic E-state index is 12.9. The van der Waals surface area contributed by atoms with E-state index in [1.165, 1.54) is 5.56 Å². The van der Waals surface area contributed by atoms with Crippen LogP contribution >= 0.6 is 0 Å². The summed E-state index contributed by atoms with van der Waals surface area (Å²) >= 11 is 0. The van der Waals surface area contributed by atoms with E-state index in [-0.39, 0.29) is 11.9 Å². The highest BCUT2D eigenvalue weighted by Gasteiger charge is 2.37. The van der Waals surface area contributed by atoms with E-state index in [0.29, 0.717) is 13.2 Å². The van der Waals surface area contributed by atoms with E-state index in [4.69, 9.17) is 9.47 Å². The second kappa shape index (κ2) is 6.39. The molecule has 1 amide bonds. The molecule has 3 heterocycles. The number of hydrogen-bond acceptors (Lipinski definition) is 4. The summed E-state index contributed by atoms with van der Waals surface area (Å²) in [6, 6.07) is 7.87. The van der Waals surface area contributed by atoms with Gasteiger partial charge in [0.2, 0.25) is 0 Å². The molecule has 130 valence electrons. The fraction of sp³-hybridized carbons (Fsp3) is 0.400. The van der Waals surface area contributed by atoms with Crippen molar-refractivity contribution < 1.29 is 14.3 Å².